The molecule has 3 rings (SSSR count). The molecule has 194 valence electrons. The van der Waals surface area contributed by atoms with Crippen LogP contribution in [0.15, 0.2) is 60.3 Å². The van der Waals surface area contributed by atoms with E-state index in [0.29, 0.717) is 22.9 Å². The highest BCUT2D eigenvalue weighted by Crippen LogP contribution is 2.40. The summed E-state index contributed by atoms with van der Waals surface area (Å²) >= 11 is 0. The second-order valence-corrected chi connectivity index (χ2v) is 13.6. The number of benzene rings is 1. The molecule has 4 unspecified atom stereocenters. The molecular weight excluding hydrogens is 424 g/mol. The molecule has 2 N–H and O–H groups in total. The van der Waals surface area contributed by atoms with Gasteiger partial charge in [0.1, 0.15) is 0 Å². The van der Waals surface area contributed by atoms with Gasteiger partial charge in [-0.1, -0.05) is 71.4 Å². The summed E-state index contributed by atoms with van der Waals surface area (Å²) in [6.45, 7) is 20.7. The van der Waals surface area contributed by atoms with E-state index in [2.05, 4.69) is 102 Å². The molecule has 35 heavy (non-hydrogen) atoms. The Labute approximate surface area is 216 Å². The first-order valence-corrected chi connectivity index (χ1v) is 14.0. The molecule has 0 saturated heterocycles. The molecular formula is C33H52N2. The van der Waals surface area contributed by atoms with Crippen LogP contribution in [0.3, 0.4) is 0 Å². The molecule has 0 bridgehead atoms. The monoisotopic (exact) mass is 476 g/mol. The van der Waals surface area contributed by atoms with Gasteiger partial charge in [0, 0.05) is 23.5 Å². The number of hydrogen-bond acceptors (Lipinski definition) is 2. The van der Waals surface area contributed by atoms with E-state index in [1.807, 2.05) is 6.08 Å². The summed E-state index contributed by atoms with van der Waals surface area (Å²) < 4.78 is 0. The zero-order chi connectivity index (χ0) is 25.6. The van der Waals surface area contributed by atoms with Gasteiger partial charge in [0.2, 0.25) is 0 Å². The lowest BCUT2D eigenvalue weighted by Crippen LogP contribution is -2.39. The van der Waals surface area contributed by atoms with E-state index in [4.69, 9.17) is 0 Å². The van der Waals surface area contributed by atoms with E-state index >= 15 is 0 Å². The lowest BCUT2D eigenvalue weighted by atomic mass is 9.70. The second kappa shape index (κ2) is 11.8. The van der Waals surface area contributed by atoms with E-state index in [1.165, 1.54) is 61.0 Å². The fourth-order valence-electron chi connectivity index (χ4n) is 7.13. The van der Waals surface area contributed by atoms with Crippen LogP contribution in [-0.2, 0) is 6.42 Å². The molecule has 1 aromatic carbocycles. The summed E-state index contributed by atoms with van der Waals surface area (Å²) in [6, 6.07) is 10.3. The maximum absolute atomic E-state index is 4.00. The molecule has 0 aliphatic heterocycles. The van der Waals surface area contributed by atoms with Gasteiger partial charge in [0.15, 0.2) is 0 Å². The SMILES string of the molecule is C=CC/C(=C\C=C(/C)NC1CC(C)CC(C)(C)C1)Cc1ccc(NC2CC(C)CC(C)(C)C2)cc1. The van der Waals surface area contributed by atoms with Crippen molar-refractivity contribution in [3.8, 4) is 0 Å². The van der Waals surface area contributed by atoms with Crippen molar-refractivity contribution in [1.29, 1.82) is 0 Å². The van der Waals surface area contributed by atoms with Gasteiger partial charge in [-0.3, -0.25) is 0 Å². The van der Waals surface area contributed by atoms with Crippen LogP contribution in [0.4, 0.5) is 5.69 Å². The Balaban J connectivity index is 1.58. The predicted octanol–water partition coefficient (Wildman–Crippen LogP) is 9.07. The van der Waals surface area contributed by atoms with E-state index in [-0.39, 0.29) is 0 Å². The minimum absolute atomic E-state index is 0.436. The fourth-order valence-corrected chi connectivity index (χ4v) is 7.13. The van der Waals surface area contributed by atoms with Crippen LogP contribution in [0.25, 0.3) is 0 Å². The van der Waals surface area contributed by atoms with Gasteiger partial charge in [-0.05, 0) is 105 Å². The molecule has 2 nitrogen and oxygen atoms in total. The smallest absolute Gasteiger partial charge is 0.0342 e. The summed E-state index contributed by atoms with van der Waals surface area (Å²) in [5.74, 6) is 1.59. The van der Waals surface area contributed by atoms with E-state index in [9.17, 15) is 0 Å². The Morgan fingerprint density at radius 3 is 2.03 bits per heavy atom. The first-order valence-electron chi connectivity index (χ1n) is 14.0. The largest absolute Gasteiger partial charge is 0.386 e. The van der Waals surface area contributed by atoms with Gasteiger partial charge >= 0.3 is 0 Å². The highest BCUT2D eigenvalue weighted by molar-refractivity contribution is 5.46. The normalized spacial score (nSPS) is 28.9. The van der Waals surface area contributed by atoms with Gasteiger partial charge in [-0.15, -0.1) is 6.58 Å². The van der Waals surface area contributed by atoms with E-state index < -0.39 is 0 Å². The van der Waals surface area contributed by atoms with Crippen molar-refractivity contribution in [3.05, 3.63) is 65.9 Å². The average Bonchev–Trinajstić information content (AvgIpc) is 2.70. The predicted molar refractivity (Wildman–Crippen MR) is 155 cm³/mol. The molecule has 0 amide bonds. The zero-order valence-corrected chi connectivity index (χ0v) is 23.7. The van der Waals surface area contributed by atoms with Crippen LogP contribution in [0.2, 0.25) is 0 Å². The number of hydrogen-bond donors (Lipinski definition) is 2. The number of nitrogens with one attached hydrogen (secondary N) is 2. The Bertz CT molecular complexity index is 886. The van der Waals surface area contributed by atoms with Crippen molar-refractivity contribution in [2.24, 2.45) is 22.7 Å². The van der Waals surface area contributed by atoms with Crippen molar-refractivity contribution in [3.63, 3.8) is 0 Å². The molecule has 2 aliphatic rings. The molecule has 0 aromatic heterocycles. The average molecular weight is 477 g/mol. The van der Waals surface area contributed by atoms with Crippen molar-refractivity contribution < 1.29 is 0 Å². The lowest BCUT2D eigenvalue weighted by Gasteiger charge is -2.39. The highest BCUT2D eigenvalue weighted by Gasteiger charge is 2.32. The van der Waals surface area contributed by atoms with Gasteiger partial charge in [0.25, 0.3) is 0 Å². The molecule has 2 heteroatoms. The Morgan fingerprint density at radius 2 is 1.46 bits per heavy atom. The molecule has 0 spiro atoms. The topological polar surface area (TPSA) is 24.1 Å². The van der Waals surface area contributed by atoms with Crippen molar-refractivity contribution in [1.82, 2.24) is 5.32 Å². The summed E-state index contributed by atoms with van der Waals surface area (Å²) in [6.07, 6.45) is 16.2. The summed E-state index contributed by atoms with van der Waals surface area (Å²) in [5.41, 5.74) is 6.16. The number of rotatable bonds is 9. The Hall–Kier alpha value is -1.96. The summed E-state index contributed by atoms with van der Waals surface area (Å²) in [7, 11) is 0. The zero-order valence-electron chi connectivity index (χ0n) is 23.7. The van der Waals surface area contributed by atoms with Crippen LogP contribution < -0.4 is 10.6 Å². The summed E-state index contributed by atoms with van der Waals surface area (Å²) in [5, 5.41) is 7.62. The van der Waals surface area contributed by atoms with Crippen molar-refractivity contribution >= 4 is 5.69 Å². The third-order valence-corrected chi connectivity index (χ3v) is 7.94. The molecule has 2 fully saturated rings. The lowest BCUT2D eigenvalue weighted by molar-refractivity contribution is 0.157. The first kappa shape index (κ1) is 27.6. The fraction of sp³-hybridized carbons (Fsp3) is 0.636. The van der Waals surface area contributed by atoms with Crippen molar-refractivity contribution in [2.75, 3.05) is 5.32 Å². The van der Waals surface area contributed by atoms with Crippen LogP contribution in [0.1, 0.15) is 99.0 Å². The number of anilines is 1. The highest BCUT2D eigenvalue weighted by atomic mass is 14.9. The van der Waals surface area contributed by atoms with Crippen LogP contribution in [0.5, 0.6) is 0 Å². The van der Waals surface area contributed by atoms with Gasteiger partial charge in [0.05, 0.1) is 0 Å². The van der Waals surface area contributed by atoms with Crippen molar-refractivity contribution in [2.45, 2.75) is 112 Å². The summed E-state index contributed by atoms with van der Waals surface area (Å²) in [4.78, 5) is 0. The van der Waals surface area contributed by atoms with Crippen LogP contribution in [-0.4, -0.2) is 12.1 Å². The standard InChI is InChI=1S/C33H52N2/c1-9-10-27(12-11-26(4)34-30-17-24(2)20-32(5,6)22-30)19-28-13-15-29(16-14-28)35-31-18-25(3)21-33(7,8)23-31/h9,11-16,24-25,30-31,34-35H,1,10,17-23H2,2-8H3/b26-11+,27-12+. The molecule has 2 aliphatic carbocycles. The van der Waals surface area contributed by atoms with E-state index in [1.54, 1.807) is 0 Å². The molecule has 4 atom stereocenters. The quantitative estimate of drug-likeness (QED) is 0.274. The molecule has 0 heterocycles. The molecule has 0 radical (unpaired) electrons. The van der Waals surface area contributed by atoms with E-state index in [0.717, 1.165) is 24.7 Å². The molecule has 1 aromatic rings. The number of allylic oxidation sites excluding steroid dienone is 5. The van der Waals surface area contributed by atoms with Gasteiger partial charge < -0.3 is 10.6 Å². The Kier molecular flexibility index (Phi) is 9.35. The third kappa shape index (κ3) is 9.21. The van der Waals surface area contributed by atoms with Gasteiger partial charge in [-0.2, -0.15) is 0 Å². The first-order chi connectivity index (χ1) is 16.4. The van der Waals surface area contributed by atoms with Gasteiger partial charge in [-0.25, -0.2) is 0 Å². The maximum Gasteiger partial charge on any atom is 0.0342 e. The van der Waals surface area contributed by atoms with Crippen LogP contribution >= 0.6 is 0 Å². The maximum atomic E-state index is 4.00. The second-order valence-electron chi connectivity index (χ2n) is 13.6. The minimum atomic E-state index is 0.436. The Morgan fingerprint density at radius 1 is 0.886 bits per heavy atom. The third-order valence-electron chi connectivity index (χ3n) is 7.94. The molecule has 2 saturated carbocycles. The minimum Gasteiger partial charge on any atom is -0.386 e. The van der Waals surface area contributed by atoms with Crippen LogP contribution in [0, 0.1) is 22.7 Å².